The highest BCUT2D eigenvalue weighted by molar-refractivity contribution is 6.09. The Hall–Kier alpha value is -2.98. The molecule has 0 amide bonds. The summed E-state index contributed by atoms with van der Waals surface area (Å²) in [6, 6.07) is 12.5. The van der Waals surface area contributed by atoms with Gasteiger partial charge >= 0.3 is 0 Å². The van der Waals surface area contributed by atoms with E-state index in [2.05, 4.69) is 59.3 Å². The molecule has 4 nitrogen and oxygen atoms in total. The van der Waals surface area contributed by atoms with Crippen LogP contribution in [0.1, 0.15) is 37.8 Å². The first kappa shape index (κ1) is 25.3. The molecule has 170 valence electrons. The topological polar surface area (TPSA) is 40.5 Å². The minimum absolute atomic E-state index is 0.947. The molecule has 1 fully saturated rings. The summed E-state index contributed by atoms with van der Waals surface area (Å²) in [6.45, 7) is 10.7. The second-order valence-corrected chi connectivity index (χ2v) is 8.33. The van der Waals surface area contributed by atoms with Gasteiger partial charge in [-0.25, -0.2) is 0 Å². The number of pyridine rings is 1. The Labute approximate surface area is 194 Å². The Morgan fingerprint density at radius 1 is 1.12 bits per heavy atom. The van der Waals surface area contributed by atoms with E-state index in [1.807, 2.05) is 62.6 Å². The number of allylic oxidation sites excluding steroid dienone is 4. The van der Waals surface area contributed by atoms with E-state index < -0.39 is 0 Å². The van der Waals surface area contributed by atoms with Crippen LogP contribution in [0.5, 0.6) is 0 Å². The summed E-state index contributed by atoms with van der Waals surface area (Å²) in [5, 5.41) is 3.32. The summed E-state index contributed by atoms with van der Waals surface area (Å²) >= 11 is 0. The molecule has 4 heteroatoms. The molecule has 2 aromatic rings. The van der Waals surface area contributed by atoms with Crippen LogP contribution < -0.4 is 5.32 Å². The number of nitrogens with zero attached hydrogens (tertiary/aromatic N) is 3. The van der Waals surface area contributed by atoms with E-state index in [0.717, 1.165) is 39.4 Å². The van der Waals surface area contributed by atoms with Crippen molar-refractivity contribution in [1.29, 1.82) is 0 Å². The lowest BCUT2D eigenvalue weighted by atomic mass is 10.0. The van der Waals surface area contributed by atoms with Gasteiger partial charge < -0.3 is 10.2 Å². The first-order chi connectivity index (χ1) is 15.5. The minimum Gasteiger partial charge on any atom is -0.383 e. The molecule has 0 saturated carbocycles. The van der Waals surface area contributed by atoms with Crippen molar-refractivity contribution < 1.29 is 0 Å². The summed E-state index contributed by atoms with van der Waals surface area (Å²) in [6.07, 6.45) is 12.5. The average Bonchev–Trinajstić information content (AvgIpc) is 2.82. The Morgan fingerprint density at radius 2 is 1.88 bits per heavy atom. The molecule has 1 aromatic carbocycles. The lowest BCUT2D eigenvalue weighted by Gasteiger charge is -2.17. The second-order valence-electron chi connectivity index (χ2n) is 8.33. The van der Waals surface area contributed by atoms with E-state index in [-0.39, 0.29) is 0 Å². The summed E-state index contributed by atoms with van der Waals surface area (Å²) in [5.74, 6) is 0.973. The molecule has 0 spiro atoms. The molecule has 0 aliphatic carbocycles. The first-order valence-electron chi connectivity index (χ1n) is 11.4. The number of hydrogen-bond acceptors (Lipinski definition) is 4. The van der Waals surface area contributed by atoms with E-state index in [1.165, 1.54) is 25.9 Å². The van der Waals surface area contributed by atoms with Crippen molar-refractivity contribution >= 4 is 17.4 Å². The van der Waals surface area contributed by atoms with E-state index in [9.17, 15) is 0 Å². The molecule has 32 heavy (non-hydrogen) atoms. The van der Waals surface area contributed by atoms with Gasteiger partial charge in [0, 0.05) is 50.9 Å². The third-order valence-corrected chi connectivity index (χ3v) is 5.41. The number of nitrogens with one attached hydrogen (secondary N) is 1. The predicted molar refractivity (Wildman–Crippen MR) is 141 cm³/mol. The maximum Gasteiger partial charge on any atom is 0.0702 e. The van der Waals surface area contributed by atoms with Crippen LogP contribution in [0.4, 0.5) is 0 Å². The summed E-state index contributed by atoms with van der Waals surface area (Å²) in [5.41, 5.74) is 6.37. The molecular weight excluding hydrogens is 392 g/mol. The molecular formula is C28H38N4. The maximum atomic E-state index is 4.63. The zero-order chi connectivity index (χ0) is 23.3. The van der Waals surface area contributed by atoms with Gasteiger partial charge in [-0.3, -0.25) is 9.98 Å². The molecule has 0 radical (unpaired) electrons. The fraction of sp³-hybridized carbons (Fsp3) is 0.357. The van der Waals surface area contributed by atoms with Crippen LogP contribution >= 0.6 is 0 Å². The Kier molecular flexibility index (Phi) is 10.6. The van der Waals surface area contributed by atoms with Crippen molar-refractivity contribution in [2.24, 2.45) is 10.9 Å². The SMILES string of the molecule is C=C/C(=C\N(C)C)c1cccc(-c2ccc(/C(C=NC)=C/C)cn2)c1.CC1CCNCC1. The minimum atomic E-state index is 0.947. The van der Waals surface area contributed by atoms with Crippen LogP contribution in [0.25, 0.3) is 22.4 Å². The molecule has 1 saturated heterocycles. The predicted octanol–water partition coefficient (Wildman–Crippen LogP) is 5.95. The van der Waals surface area contributed by atoms with E-state index >= 15 is 0 Å². The molecule has 1 aliphatic heterocycles. The molecule has 1 aromatic heterocycles. The third kappa shape index (κ3) is 7.93. The first-order valence-corrected chi connectivity index (χ1v) is 11.4. The molecule has 1 aliphatic rings. The summed E-state index contributed by atoms with van der Waals surface area (Å²) < 4.78 is 0. The third-order valence-electron chi connectivity index (χ3n) is 5.41. The van der Waals surface area contributed by atoms with Crippen LogP contribution in [0.15, 0.2) is 72.5 Å². The zero-order valence-electron chi connectivity index (χ0n) is 20.3. The Morgan fingerprint density at radius 3 is 2.38 bits per heavy atom. The fourth-order valence-electron chi connectivity index (χ4n) is 3.54. The smallest absolute Gasteiger partial charge is 0.0702 e. The van der Waals surface area contributed by atoms with Crippen LogP contribution in [0, 0.1) is 5.92 Å². The van der Waals surface area contributed by atoms with E-state index in [1.54, 1.807) is 7.05 Å². The molecule has 0 atom stereocenters. The van der Waals surface area contributed by atoms with Gasteiger partial charge in [0.2, 0.25) is 0 Å². The number of hydrogen-bond donors (Lipinski definition) is 1. The number of aromatic nitrogens is 1. The highest BCUT2D eigenvalue weighted by atomic mass is 15.0. The van der Waals surface area contributed by atoms with Crippen LogP contribution in [0.3, 0.4) is 0 Å². The highest BCUT2D eigenvalue weighted by Gasteiger charge is 2.06. The number of aliphatic imine (C=N–C) groups is 1. The maximum absolute atomic E-state index is 4.63. The Balaban J connectivity index is 0.000000439. The molecule has 3 rings (SSSR count). The van der Waals surface area contributed by atoms with E-state index in [4.69, 9.17) is 0 Å². The lowest BCUT2D eigenvalue weighted by molar-refractivity contribution is 0.402. The van der Waals surface area contributed by atoms with Crippen LogP contribution in [0.2, 0.25) is 0 Å². The van der Waals surface area contributed by atoms with Gasteiger partial charge in [0.25, 0.3) is 0 Å². The highest BCUT2D eigenvalue weighted by Crippen LogP contribution is 2.24. The van der Waals surface area contributed by atoms with Crippen LogP contribution in [-0.2, 0) is 0 Å². The lowest BCUT2D eigenvalue weighted by Crippen LogP contribution is -2.26. The van der Waals surface area contributed by atoms with Gasteiger partial charge in [0.1, 0.15) is 0 Å². The largest absolute Gasteiger partial charge is 0.383 e. The van der Waals surface area contributed by atoms with Crippen molar-refractivity contribution in [1.82, 2.24) is 15.2 Å². The average molecular weight is 431 g/mol. The van der Waals surface area contributed by atoms with Gasteiger partial charge in [0.15, 0.2) is 0 Å². The monoisotopic (exact) mass is 430 g/mol. The van der Waals surface area contributed by atoms with E-state index in [0.29, 0.717) is 0 Å². The standard InChI is InChI=1S/C22H25N3.C6H13N/c1-6-17(14-23-3)21-11-12-22(24-15-21)20-10-8-9-19(13-20)18(7-2)16-25(4)5;1-6-2-4-7-5-3-6/h6-16H,2H2,1,3-5H3;6-7H,2-5H2,1H3/b17-6+,18-16+,23-14?;. The summed E-state index contributed by atoms with van der Waals surface area (Å²) in [4.78, 5) is 10.7. The zero-order valence-corrected chi connectivity index (χ0v) is 20.3. The van der Waals surface area contributed by atoms with Crippen molar-refractivity contribution in [3.05, 3.63) is 78.7 Å². The fourth-order valence-corrected chi connectivity index (χ4v) is 3.54. The van der Waals surface area contributed by atoms with Gasteiger partial charge in [-0.1, -0.05) is 49.9 Å². The number of piperidine rings is 1. The molecule has 0 unspecified atom stereocenters. The van der Waals surface area contributed by atoms with Gasteiger partial charge in [-0.2, -0.15) is 0 Å². The number of benzene rings is 1. The van der Waals surface area contributed by atoms with Crippen LogP contribution in [-0.4, -0.2) is 50.3 Å². The van der Waals surface area contributed by atoms with Gasteiger partial charge in [0.05, 0.1) is 5.69 Å². The van der Waals surface area contributed by atoms with Crippen molar-refractivity contribution in [2.75, 3.05) is 34.2 Å². The summed E-state index contributed by atoms with van der Waals surface area (Å²) in [7, 11) is 5.79. The van der Waals surface area contributed by atoms with Gasteiger partial charge in [-0.05, 0) is 67.6 Å². The molecule has 0 bridgehead atoms. The van der Waals surface area contributed by atoms with Crippen molar-refractivity contribution in [3.63, 3.8) is 0 Å². The van der Waals surface area contributed by atoms with Crippen molar-refractivity contribution in [3.8, 4) is 11.3 Å². The number of rotatable bonds is 6. The Bertz CT molecular complexity index is 930. The quantitative estimate of drug-likeness (QED) is 0.455. The van der Waals surface area contributed by atoms with Crippen molar-refractivity contribution in [2.45, 2.75) is 26.7 Å². The van der Waals surface area contributed by atoms with Gasteiger partial charge in [-0.15, -0.1) is 0 Å². The normalized spacial score (nSPS) is 15.3. The molecule has 2 heterocycles. The second kappa shape index (κ2) is 13.4. The molecule has 1 N–H and O–H groups in total.